The van der Waals surface area contributed by atoms with Crippen molar-refractivity contribution >= 4 is 11.9 Å². The van der Waals surface area contributed by atoms with Crippen LogP contribution in [0.25, 0.3) is 0 Å². The molecule has 0 spiro atoms. The van der Waals surface area contributed by atoms with Gasteiger partial charge in [0.05, 0.1) is 19.4 Å². The van der Waals surface area contributed by atoms with Crippen LogP contribution in [0.2, 0.25) is 0 Å². The molecule has 1 aliphatic rings. The van der Waals surface area contributed by atoms with Crippen LogP contribution in [0.1, 0.15) is 79.1 Å². The van der Waals surface area contributed by atoms with Crippen LogP contribution in [0.5, 0.6) is 0 Å². The minimum atomic E-state index is -1.48. The maximum Gasteiger partial charge on any atom is 0.303 e. The first-order valence-electron chi connectivity index (χ1n) is 9.39. The van der Waals surface area contributed by atoms with Crippen LogP contribution >= 0.6 is 0 Å². The Balaban J connectivity index is 3.09. The van der Waals surface area contributed by atoms with Gasteiger partial charge in [0, 0.05) is 12.8 Å². The third-order valence-electron chi connectivity index (χ3n) is 4.43. The molecule has 2 N–H and O–H groups in total. The zero-order valence-corrected chi connectivity index (χ0v) is 16.6. The third kappa shape index (κ3) is 8.10. The lowest BCUT2D eigenvalue weighted by molar-refractivity contribution is -0.544. The van der Waals surface area contributed by atoms with Crippen LogP contribution in [0.15, 0.2) is 0 Å². The van der Waals surface area contributed by atoms with Gasteiger partial charge in [0.1, 0.15) is 5.60 Å². The predicted molar refractivity (Wildman–Crippen MR) is 93.4 cm³/mol. The summed E-state index contributed by atoms with van der Waals surface area (Å²) in [6.45, 7) is 7.24. The lowest BCUT2D eigenvalue weighted by Gasteiger charge is -2.34. The molecule has 158 valence electrons. The van der Waals surface area contributed by atoms with Gasteiger partial charge in [-0.1, -0.05) is 26.7 Å². The molecule has 2 atom stereocenters. The van der Waals surface area contributed by atoms with E-state index in [2.05, 4.69) is 0 Å². The molecule has 0 radical (unpaired) electrons. The molecule has 0 aromatic rings. The van der Waals surface area contributed by atoms with Gasteiger partial charge < -0.3 is 14.9 Å². The molecular formula is C18H32O9. The van der Waals surface area contributed by atoms with Crippen LogP contribution in [-0.2, 0) is 33.9 Å². The van der Waals surface area contributed by atoms with Crippen molar-refractivity contribution < 1.29 is 44.1 Å². The van der Waals surface area contributed by atoms with Crippen molar-refractivity contribution in [1.29, 1.82) is 0 Å². The number of carboxylic acid groups (broad SMARTS) is 2. The van der Waals surface area contributed by atoms with Crippen molar-refractivity contribution in [3.05, 3.63) is 0 Å². The maximum atomic E-state index is 11.0. The van der Waals surface area contributed by atoms with Gasteiger partial charge in [0.15, 0.2) is 5.79 Å². The number of rotatable bonds is 10. The summed E-state index contributed by atoms with van der Waals surface area (Å²) in [4.78, 5) is 44.0. The molecule has 1 rings (SSSR count). The molecule has 1 heterocycles. The summed E-state index contributed by atoms with van der Waals surface area (Å²) in [6.07, 6.45) is 2.54. The van der Waals surface area contributed by atoms with Gasteiger partial charge in [-0.2, -0.15) is 14.7 Å². The Morgan fingerprint density at radius 1 is 0.778 bits per heavy atom. The van der Waals surface area contributed by atoms with E-state index in [1.54, 1.807) is 6.92 Å². The van der Waals surface area contributed by atoms with Crippen molar-refractivity contribution in [3.8, 4) is 0 Å². The molecule has 0 aromatic carbocycles. The van der Waals surface area contributed by atoms with E-state index in [4.69, 9.17) is 34.5 Å². The van der Waals surface area contributed by atoms with Gasteiger partial charge in [-0.05, 0) is 26.7 Å². The second kappa shape index (κ2) is 10.3. The molecule has 0 aliphatic carbocycles. The van der Waals surface area contributed by atoms with Crippen molar-refractivity contribution in [2.45, 2.75) is 96.2 Å². The van der Waals surface area contributed by atoms with Gasteiger partial charge in [0.2, 0.25) is 5.79 Å². The largest absolute Gasteiger partial charge is 0.481 e. The lowest BCUT2D eigenvalue weighted by atomic mass is 9.93. The monoisotopic (exact) mass is 392 g/mol. The fourth-order valence-electron chi connectivity index (χ4n) is 2.83. The Bertz CT molecular complexity index is 451. The predicted octanol–water partition coefficient (Wildman–Crippen LogP) is 3.41. The maximum absolute atomic E-state index is 11.0. The van der Waals surface area contributed by atoms with E-state index in [-0.39, 0.29) is 32.3 Å². The summed E-state index contributed by atoms with van der Waals surface area (Å²) >= 11 is 0. The summed E-state index contributed by atoms with van der Waals surface area (Å²) in [6, 6.07) is 0. The van der Waals surface area contributed by atoms with Crippen molar-refractivity contribution in [1.82, 2.24) is 0 Å². The Kier molecular flexibility index (Phi) is 9.10. The number of carbonyl (C=O) groups is 2. The Morgan fingerprint density at radius 3 is 1.70 bits per heavy atom. The zero-order valence-electron chi connectivity index (χ0n) is 16.6. The van der Waals surface area contributed by atoms with E-state index >= 15 is 0 Å². The van der Waals surface area contributed by atoms with Crippen molar-refractivity contribution in [3.63, 3.8) is 0 Å². The van der Waals surface area contributed by atoms with Crippen LogP contribution in [-0.4, -0.2) is 45.9 Å². The molecule has 1 fully saturated rings. The molecule has 27 heavy (non-hydrogen) atoms. The topological polar surface area (TPSA) is 121 Å². The van der Waals surface area contributed by atoms with Crippen LogP contribution in [0, 0.1) is 0 Å². The fourth-order valence-corrected chi connectivity index (χ4v) is 2.83. The third-order valence-corrected chi connectivity index (χ3v) is 4.43. The SMILES string of the molecule is CCCC1(CCC)COC(C)(CCC(=O)O)OOC(C)(CCC(=O)O)OO1. The highest BCUT2D eigenvalue weighted by Gasteiger charge is 2.44. The van der Waals surface area contributed by atoms with Gasteiger partial charge in [-0.3, -0.25) is 9.59 Å². The highest BCUT2D eigenvalue weighted by molar-refractivity contribution is 5.67. The molecule has 9 heteroatoms. The molecule has 9 nitrogen and oxygen atoms in total. The quantitative estimate of drug-likeness (QED) is 0.539. The first-order chi connectivity index (χ1) is 12.6. The number of carboxylic acids is 2. The van der Waals surface area contributed by atoms with E-state index < -0.39 is 29.1 Å². The molecule has 0 bridgehead atoms. The first kappa shape index (κ1) is 23.8. The van der Waals surface area contributed by atoms with Crippen LogP contribution in [0.3, 0.4) is 0 Å². The Labute approximate surface area is 159 Å². The average Bonchev–Trinajstić information content (AvgIpc) is 2.65. The first-order valence-corrected chi connectivity index (χ1v) is 9.39. The van der Waals surface area contributed by atoms with Gasteiger partial charge in [-0.15, -0.1) is 0 Å². The second-order valence-corrected chi connectivity index (χ2v) is 7.36. The van der Waals surface area contributed by atoms with Crippen LogP contribution in [0.4, 0.5) is 0 Å². The van der Waals surface area contributed by atoms with E-state index in [0.717, 1.165) is 12.8 Å². The molecule has 2 unspecified atom stereocenters. The van der Waals surface area contributed by atoms with Crippen molar-refractivity contribution in [2.75, 3.05) is 6.61 Å². The smallest absolute Gasteiger partial charge is 0.303 e. The summed E-state index contributed by atoms with van der Waals surface area (Å²) in [5.74, 6) is -4.82. The second-order valence-electron chi connectivity index (χ2n) is 7.36. The molecule has 0 amide bonds. The molecule has 0 saturated carbocycles. The lowest BCUT2D eigenvalue weighted by Crippen LogP contribution is -2.42. The fraction of sp³-hybridized carbons (Fsp3) is 0.889. The minimum Gasteiger partial charge on any atom is -0.481 e. The standard InChI is InChI=1S/C18H32O9/c1-5-9-18(10-6-2)13-23-16(3,11-7-14(19)20)24-25-17(4,26-27-18)12-8-15(21)22/h5-13H2,1-4H3,(H,19,20)(H,21,22). The minimum absolute atomic E-state index is 0.0221. The highest BCUT2D eigenvalue weighted by Crippen LogP contribution is 2.35. The summed E-state index contributed by atoms with van der Waals surface area (Å²) in [5.41, 5.74) is -0.768. The van der Waals surface area contributed by atoms with Gasteiger partial charge in [-0.25, -0.2) is 4.89 Å². The molecular weight excluding hydrogens is 360 g/mol. The summed E-state index contributed by atoms with van der Waals surface area (Å²) < 4.78 is 5.91. The van der Waals surface area contributed by atoms with E-state index in [1.165, 1.54) is 6.92 Å². The van der Waals surface area contributed by atoms with E-state index in [1.807, 2.05) is 13.8 Å². The molecule has 1 aliphatic heterocycles. The summed E-state index contributed by atoms with van der Waals surface area (Å²) in [7, 11) is 0. The number of hydrogen-bond donors (Lipinski definition) is 2. The number of aliphatic carboxylic acids is 2. The summed E-state index contributed by atoms with van der Waals surface area (Å²) in [5, 5.41) is 18.0. The molecule has 0 aromatic heterocycles. The van der Waals surface area contributed by atoms with Crippen LogP contribution < -0.4 is 0 Å². The van der Waals surface area contributed by atoms with Gasteiger partial charge >= 0.3 is 11.9 Å². The zero-order chi connectivity index (χ0) is 20.6. The van der Waals surface area contributed by atoms with Gasteiger partial charge in [0.25, 0.3) is 0 Å². The number of hydrogen-bond acceptors (Lipinski definition) is 7. The normalized spacial score (nSPS) is 28.7. The molecule has 1 saturated heterocycles. The van der Waals surface area contributed by atoms with Crippen molar-refractivity contribution in [2.24, 2.45) is 0 Å². The Hall–Kier alpha value is -1.26. The Morgan fingerprint density at radius 2 is 1.22 bits per heavy atom. The van der Waals surface area contributed by atoms with E-state index in [9.17, 15) is 9.59 Å². The number of ether oxygens (including phenoxy) is 1. The average molecular weight is 392 g/mol. The highest BCUT2D eigenvalue weighted by atomic mass is 17.3. The van der Waals surface area contributed by atoms with E-state index in [0.29, 0.717) is 12.8 Å².